The van der Waals surface area contributed by atoms with Gasteiger partial charge in [-0.1, -0.05) is 12.1 Å². The van der Waals surface area contributed by atoms with Crippen LogP contribution in [-0.2, 0) is 11.3 Å². The Bertz CT molecular complexity index is 1310. The molecule has 0 fully saturated rings. The van der Waals surface area contributed by atoms with Gasteiger partial charge in [0.2, 0.25) is 5.91 Å². The minimum atomic E-state index is -0.434. The molecule has 4 aromatic rings. The minimum Gasteiger partial charge on any atom is -0.497 e. The number of fused-ring (bicyclic) bond motifs is 1. The largest absolute Gasteiger partial charge is 0.497 e. The van der Waals surface area contributed by atoms with Gasteiger partial charge in [-0.3, -0.25) is 4.79 Å². The molecular formula is C22H21N5O4. The van der Waals surface area contributed by atoms with Crippen molar-refractivity contribution in [3.05, 3.63) is 70.9 Å². The third kappa shape index (κ3) is 3.97. The Morgan fingerprint density at radius 2 is 1.81 bits per heavy atom. The second-order valence-electron chi connectivity index (χ2n) is 6.80. The highest BCUT2D eigenvalue weighted by Crippen LogP contribution is 2.23. The van der Waals surface area contributed by atoms with Crippen LogP contribution >= 0.6 is 0 Å². The molecule has 2 aromatic carbocycles. The van der Waals surface area contributed by atoms with Crippen molar-refractivity contribution in [3.8, 4) is 22.8 Å². The molecule has 0 unspecified atom stereocenters. The first-order valence-electron chi connectivity index (χ1n) is 9.54. The first-order chi connectivity index (χ1) is 15.0. The fraction of sp³-hybridized carbons (Fsp3) is 0.182. The lowest BCUT2D eigenvalue weighted by Crippen LogP contribution is -2.29. The summed E-state index contributed by atoms with van der Waals surface area (Å²) in [7, 11) is 3.13. The number of aromatic nitrogens is 4. The summed E-state index contributed by atoms with van der Waals surface area (Å²) in [6.45, 7) is 1.48. The van der Waals surface area contributed by atoms with E-state index in [0.29, 0.717) is 28.6 Å². The molecule has 1 N–H and O–H groups in total. The van der Waals surface area contributed by atoms with Crippen molar-refractivity contribution in [2.45, 2.75) is 13.5 Å². The summed E-state index contributed by atoms with van der Waals surface area (Å²) < 4.78 is 12.9. The van der Waals surface area contributed by atoms with E-state index < -0.39 is 11.6 Å². The van der Waals surface area contributed by atoms with E-state index in [4.69, 9.17) is 9.47 Å². The quantitative estimate of drug-likeness (QED) is 0.516. The van der Waals surface area contributed by atoms with Crippen LogP contribution in [0.3, 0.4) is 0 Å². The molecule has 0 atom stereocenters. The van der Waals surface area contributed by atoms with E-state index in [0.717, 1.165) is 16.0 Å². The van der Waals surface area contributed by atoms with E-state index in [9.17, 15) is 9.59 Å². The van der Waals surface area contributed by atoms with Crippen molar-refractivity contribution in [3.63, 3.8) is 0 Å². The monoisotopic (exact) mass is 419 g/mol. The minimum absolute atomic E-state index is 0.240. The molecule has 0 aliphatic carbocycles. The van der Waals surface area contributed by atoms with Crippen LogP contribution in [0.25, 0.3) is 16.9 Å². The van der Waals surface area contributed by atoms with Crippen molar-refractivity contribution in [1.29, 1.82) is 0 Å². The zero-order chi connectivity index (χ0) is 22.0. The number of carbonyl (C=O) groups is 1. The van der Waals surface area contributed by atoms with E-state index in [1.54, 1.807) is 44.4 Å². The second-order valence-corrected chi connectivity index (χ2v) is 6.80. The molecule has 0 radical (unpaired) electrons. The highest BCUT2D eigenvalue weighted by Gasteiger charge is 2.15. The van der Waals surface area contributed by atoms with Gasteiger partial charge in [0.05, 0.1) is 25.6 Å². The average Bonchev–Trinajstić information content (AvgIpc) is 3.09. The predicted molar refractivity (Wildman–Crippen MR) is 116 cm³/mol. The number of rotatable bonds is 6. The standard InChI is InChI=1S/C22H21N5O4/c1-14-23-18(15-8-10-16(30-2)11-9-15)12-20-25-26(22(29)27(14)20)13-21(28)24-17-6-4-5-7-19(17)31-3/h4-12H,13H2,1-3H3,(H,24,28). The molecule has 9 heteroatoms. The van der Waals surface area contributed by atoms with Crippen molar-refractivity contribution < 1.29 is 14.3 Å². The van der Waals surface area contributed by atoms with Crippen LogP contribution in [-0.4, -0.2) is 39.3 Å². The summed E-state index contributed by atoms with van der Waals surface area (Å²) in [5.41, 5.74) is 2.03. The molecule has 0 aliphatic heterocycles. The Morgan fingerprint density at radius 1 is 1.06 bits per heavy atom. The number of methoxy groups -OCH3 is 2. The SMILES string of the molecule is COc1ccc(-c2cc3nn(CC(=O)Nc4ccccc4OC)c(=O)n3c(C)n2)cc1. The number of hydrogen-bond donors (Lipinski definition) is 1. The summed E-state index contributed by atoms with van der Waals surface area (Å²) in [4.78, 5) is 29.8. The van der Waals surface area contributed by atoms with Gasteiger partial charge in [-0.2, -0.15) is 0 Å². The number of hydrogen-bond acceptors (Lipinski definition) is 6. The molecule has 158 valence electrons. The maximum absolute atomic E-state index is 12.8. The van der Waals surface area contributed by atoms with Crippen LogP contribution < -0.4 is 20.5 Å². The van der Waals surface area contributed by atoms with Crippen LogP contribution in [0.5, 0.6) is 11.5 Å². The molecule has 9 nitrogen and oxygen atoms in total. The van der Waals surface area contributed by atoms with Gasteiger partial charge in [-0.25, -0.2) is 18.9 Å². The lowest BCUT2D eigenvalue weighted by atomic mass is 10.1. The van der Waals surface area contributed by atoms with Gasteiger partial charge in [-0.15, -0.1) is 5.10 Å². The number of amides is 1. The van der Waals surface area contributed by atoms with Gasteiger partial charge in [-0.05, 0) is 43.3 Å². The molecular weight excluding hydrogens is 398 g/mol. The van der Waals surface area contributed by atoms with E-state index in [1.807, 2.05) is 24.3 Å². The molecule has 1 amide bonds. The normalized spacial score (nSPS) is 10.8. The van der Waals surface area contributed by atoms with Gasteiger partial charge in [0.1, 0.15) is 23.9 Å². The molecule has 31 heavy (non-hydrogen) atoms. The Hall–Kier alpha value is -4.14. The lowest BCUT2D eigenvalue weighted by molar-refractivity contribution is -0.117. The Kier molecular flexibility index (Phi) is 5.40. The first kappa shape index (κ1) is 20.1. The number of ether oxygens (including phenoxy) is 2. The maximum Gasteiger partial charge on any atom is 0.352 e. The zero-order valence-electron chi connectivity index (χ0n) is 17.3. The molecule has 2 heterocycles. The van der Waals surface area contributed by atoms with Crippen molar-refractivity contribution >= 4 is 17.2 Å². The van der Waals surface area contributed by atoms with Gasteiger partial charge >= 0.3 is 5.69 Å². The molecule has 4 rings (SSSR count). The van der Waals surface area contributed by atoms with Crippen molar-refractivity contribution in [2.75, 3.05) is 19.5 Å². The molecule has 0 aliphatic rings. The zero-order valence-corrected chi connectivity index (χ0v) is 17.3. The van der Waals surface area contributed by atoms with Gasteiger partial charge in [0, 0.05) is 11.6 Å². The fourth-order valence-corrected chi connectivity index (χ4v) is 3.29. The first-order valence-corrected chi connectivity index (χ1v) is 9.54. The summed E-state index contributed by atoms with van der Waals surface area (Å²) in [5.74, 6) is 1.35. The van der Waals surface area contributed by atoms with Crippen LogP contribution in [0.15, 0.2) is 59.4 Å². The highest BCUT2D eigenvalue weighted by atomic mass is 16.5. The van der Waals surface area contributed by atoms with E-state index in [1.165, 1.54) is 11.5 Å². The van der Waals surface area contributed by atoms with Gasteiger partial charge in [0.25, 0.3) is 0 Å². The third-order valence-electron chi connectivity index (χ3n) is 4.80. The maximum atomic E-state index is 12.8. The van der Waals surface area contributed by atoms with E-state index >= 15 is 0 Å². The molecule has 0 saturated carbocycles. The smallest absolute Gasteiger partial charge is 0.352 e. The van der Waals surface area contributed by atoms with Crippen LogP contribution in [0.4, 0.5) is 5.69 Å². The lowest BCUT2D eigenvalue weighted by Gasteiger charge is -2.09. The highest BCUT2D eigenvalue weighted by molar-refractivity contribution is 5.92. The number of para-hydroxylation sites is 2. The number of nitrogens with zero attached hydrogens (tertiary/aromatic N) is 4. The number of carbonyl (C=O) groups excluding carboxylic acids is 1. The summed E-state index contributed by atoms with van der Waals surface area (Å²) >= 11 is 0. The van der Waals surface area contributed by atoms with E-state index in [-0.39, 0.29) is 6.54 Å². The molecule has 2 aromatic heterocycles. The molecule has 0 bridgehead atoms. The van der Waals surface area contributed by atoms with Gasteiger partial charge < -0.3 is 14.8 Å². The van der Waals surface area contributed by atoms with Crippen molar-refractivity contribution in [2.24, 2.45) is 0 Å². The Morgan fingerprint density at radius 3 is 2.52 bits per heavy atom. The van der Waals surface area contributed by atoms with Crippen LogP contribution in [0.2, 0.25) is 0 Å². The second kappa shape index (κ2) is 8.31. The molecule has 0 spiro atoms. The van der Waals surface area contributed by atoms with Gasteiger partial charge in [0.15, 0.2) is 5.65 Å². The fourth-order valence-electron chi connectivity index (χ4n) is 3.29. The number of benzene rings is 2. The molecule has 0 saturated heterocycles. The average molecular weight is 419 g/mol. The third-order valence-corrected chi connectivity index (χ3v) is 4.80. The van der Waals surface area contributed by atoms with Crippen LogP contribution in [0, 0.1) is 6.92 Å². The Labute approximate surface area is 177 Å². The summed E-state index contributed by atoms with van der Waals surface area (Å²) in [6, 6.07) is 16.2. The van der Waals surface area contributed by atoms with Crippen LogP contribution in [0.1, 0.15) is 5.82 Å². The topological polar surface area (TPSA) is 99.8 Å². The van der Waals surface area contributed by atoms with E-state index in [2.05, 4.69) is 15.4 Å². The number of nitrogens with one attached hydrogen (secondary N) is 1. The Balaban J connectivity index is 1.63. The number of aryl methyl sites for hydroxylation is 1. The summed E-state index contributed by atoms with van der Waals surface area (Å²) in [6.07, 6.45) is 0. The van der Waals surface area contributed by atoms with Crippen molar-refractivity contribution in [1.82, 2.24) is 19.2 Å². The predicted octanol–water partition coefficient (Wildman–Crippen LogP) is 2.52. The number of anilines is 1. The summed E-state index contributed by atoms with van der Waals surface area (Å²) in [5, 5.41) is 7.07.